The first-order chi connectivity index (χ1) is 14.1. The van der Waals surface area contributed by atoms with Crippen LogP contribution in [0, 0.1) is 5.92 Å². The van der Waals surface area contributed by atoms with Crippen LogP contribution in [0.3, 0.4) is 0 Å². The number of fused-ring (bicyclic) bond motifs is 1. The molecule has 3 aliphatic rings. The molecule has 0 unspecified atom stereocenters. The third kappa shape index (κ3) is 4.53. The lowest BCUT2D eigenvalue weighted by molar-refractivity contribution is -0.903. The molecule has 6 heteroatoms. The number of amides is 3. The van der Waals surface area contributed by atoms with Crippen molar-refractivity contribution in [2.24, 2.45) is 5.92 Å². The van der Waals surface area contributed by atoms with Crippen LogP contribution in [0.4, 0.5) is 0 Å². The molecule has 0 spiro atoms. The van der Waals surface area contributed by atoms with Gasteiger partial charge in [0, 0.05) is 6.42 Å². The minimum absolute atomic E-state index is 0.179. The summed E-state index contributed by atoms with van der Waals surface area (Å²) in [5.41, 5.74) is 1.03. The smallest absolute Gasteiger partial charge is 0.261 e. The lowest BCUT2D eigenvalue weighted by Gasteiger charge is -2.33. The molecule has 2 fully saturated rings. The summed E-state index contributed by atoms with van der Waals surface area (Å²) < 4.78 is 0. The van der Waals surface area contributed by atoms with Crippen molar-refractivity contribution >= 4 is 17.7 Å². The summed E-state index contributed by atoms with van der Waals surface area (Å²) in [4.78, 5) is 42.2. The Morgan fingerprint density at radius 2 is 1.59 bits per heavy atom. The monoisotopic (exact) mass is 398 g/mol. The van der Waals surface area contributed by atoms with E-state index in [1.165, 1.54) is 41.9 Å². The van der Waals surface area contributed by atoms with Crippen LogP contribution in [0.1, 0.15) is 65.7 Å². The SMILES string of the molecule is O=C(CCC1CCCCC1)N1CC[NH+](CCN2C(=O)c3ccccc3C2=O)CC1. The Balaban J connectivity index is 1.19. The van der Waals surface area contributed by atoms with Gasteiger partial charge in [-0.3, -0.25) is 19.3 Å². The highest BCUT2D eigenvalue weighted by atomic mass is 16.2. The van der Waals surface area contributed by atoms with Gasteiger partial charge in [-0.1, -0.05) is 44.2 Å². The molecule has 1 aliphatic carbocycles. The molecule has 6 nitrogen and oxygen atoms in total. The van der Waals surface area contributed by atoms with Gasteiger partial charge in [0.15, 0.2) is 0 Å². The summed E-state index contributed by atoms with van der Waals surface area (Å²) in [6, 6.07) is 7.03. The van der Waals surface area contributed by atoms with Crippen molar-refractivity contribution in [2.75, 3.05) is 39.3 Å². The Labute approximate surface area is 172 Å². The predicted molar refractivity (Wildman–Crippen MR) is 110 cm³/mol. The number of piperazine rings is 1. The maximum absolute atomic E-state index is 12.5. The maximum atomic E-state index is 12.5. The van der Waals surface area contributed by atoms with Gasteiger partial charge in [-0.15, -0.1) is 0 Å². The van der Waals surface area contributed by atoms with Crippen molar-refractivity contribution in [3.63, 3.8) is 0 Å². The number of quaternary nitrogens is 1. The van der Waals surface area contributed by atoms with Crippen molar-refractivity contribution in [1.82, 2.24) is 9.80 Å². The molecule has 3 amide bonds. The summed E-state index contributed by atoms with van der Waals surface area (Å²) in [6.07, 6.45) is 8.34. The maximum Gasteiger partial charge on any atom is 0.261 e. The summed E-state index contributed by atoms with van der Waals surface area (Å²) in [6.45, 7) is 4.52. The molecule has 156 valence electrons. The third-order valence-corrected chi connectivity index (χ3v) is 6.88. The van der Waals surface area contributed by atoms with Gasteiger partial charge in [0.2, 0.25) is 5.91 Å². The van der Waals surface area contributed by atoms with Crippen LogP contribution < -0.4 is 4.90 Å². The molecule has 1 saturated heterocycles. The van der Waals surface area contributed by atoms with E-state index in [1.807, 2.05) is 4.90 Å². The summed E-state index contributed by atoms with van der Waals surface area (Å²) in [5.74, 6) is 0.692. The number of hydrogen-bond acceptors (Lipinski definition) is 3. The lowest BCUT2D eigenvalue weighted by Crippen LogP contribution is -3.15. The average Bonchev–Trinajstić information content (AvgIpc) is 3.02. The van der Waals surface area contributed by atoms with Gasteiger partial charge in [0.1, 0.15) is 0 Å². The first-order valence-electron chi connectivity index (χ1n) is 11.2. The fraction of sp³-hybridized carbons (Fsp3) is 0.609. The molecular weight excluding hydrogens is 366 g/mol. The van der Waals surface area contributed by atoms with E-state index >= 15 is 0 Å². The minimum Gasteiger partial charge on any atom is -0.331 e. The summed E-state index contributed by atoms with van der Waals surface area (Å²) in [7, 11) is 0. The lowest BCUT2D eigenvalue weighted by atomic mass is 9.86. The zero-order valence-corrected chi connectivity index (χ0v) is 17.2. The molecular formula is C23H32N3O3+. The van der Waals surface area contributed by atoms with Gasteiger partial charge in [-0.25, -0.2) is 0 Å². The van der Waals surface area contributed by atoms with E-state index in [0.29, 0.717) is 30.0 Å². The molecule has 2 aliphatic heterocycles. The van der Waals surface area contributed by atoms with Crippen molar-refractivity contribution in [3.8, 4) is 0 Å². The van der Waals surface area contributed by atoms with E-state index in [1.54, 1.807) is 24.3 Å². The van der Waals surface area contributed by atoms with Crippen LogP contribution >= 0.6 is 0 Å². The molecule has 1 aromatic carbocycles. The van der Waals surface area contributed by atoms with E-state index in [-0.39, 0.29) is 11.8 Å². The van der Waals surface area contributed by atoms with E-state index < -0.39 is 0 Å². The zero-order valence-electron chi connectivity index (χ0n) is 17.2. The van der Waals surface area contributed by atoms with Crippen molar-refractivity contribution in [2.45, 2.75) is 44.9 Å². The number of nitrogens with one attached hydrogen (secondary N) is 1. The van der Waals surface area contributed by atoms with E-state index in [0.717, 1.165) is 45.1 Å². The van der Waals surface area contributed by atoms with Gasteiger partial charge in [-0.2, -0.15) is 0 Å². The standard InChI is InChI=1S/C23H31N3O3/c27-21(11-10-18-6-2-1-3-7-18)25-15-12-24(13-16-25)14-17-26-22(28)19-8-4-5-9-20(19)23(26)29/h4-5,8-9,18H,1-3,6-7,10-17H2/p+1. The van der Waals surface area contributed by atoms with Gasteiger partial charge in [0.05, 0.1) is 50.4 Å². The van der Waals surface area contributed by atoms with Gasteiger partial charge in [0.25, 0.3) is 11.8 Å². The minimum atomic E-state index is -0.179. The molecule has 0 atom stereocenters. The van der Waals surface area contributed by atoms with Crippen LogP contribution in [0.15, 0.2) is 24.3 Å². The van der Waals surface area contributed by atoms with Crippen molar-refractivity contribution in [3.05, 3.63) is 35.4 Å². The molecule has 2 heterocycles. The fourth-order valence-corrected chi connectivity index (χ4v) is 5.00. The Kier molecular flexibility index (Phi) is 6.28. The highest BCUT2D eigenvalue weighted by Crippen LogP contribution is 2.27. The van der Waals surface area contributed by atoms with Gasteiger partial charge in [-0.05, 0) is 24.5 Å². The van der Waals surface area contributed by atoms with Crippen molar-refractivity contribution in [1.29, 1.82) is 0 Å². The van der Waals surface area contributed by atoms with Crippen LogP contribution in [0.25, 0.3) is 0 Å². The molecule has 0 bridgehead atoms. The first kappa shape index (κ1) is 20.1. The van der Waals surface area contributed by atoms with Crippen LogP contribution in [0.5, 0.6) is 0 Å². The number of carbonyl (C=O) groups excluding carboxylic acids is 3. The number of rotatable bonds is 6. The molecule has 1 saturated carbocycles. The second-order valence-corrected chi connectivity index (χ2v) is 8.73. The number of benzene rings is 1. The van der Waals surface area contributed by atoms with Crippen LogP contribution in [-0.4, -0.2) is 66.8 Å². The number of hydrogen-bond donors (Lipinski definition) is 1. The highest BCUT2D eigenvalue weighted by Gasteiger charge is 2.36. The van der Waals surface area contributed by atoms with Gasteiger partial charge >= 0.3 is 0 Å². The second-order valence-electron chi connectivity index (χ2n) is 8.73. The average molecular weight is 399 g/mol. The number of imide groups is 1. The van der Waals surface area contributed by atoms with Crippen LogP contribution in [-0.2, 0) is 4.79 Å². The van der Waals surface area contributed by atoms with E-state index in [9.17, 15) is 14.4 Å². The van der Waals surface area contributed by atoms with Crippen molar-refractivity contribution < 1.29 is 19.3 Å². The molecule has 0 radical (unpaired) electrons. The fourth-order valence-electron chi connectivity index (χ4n) is 5.00. The normalized spacial score (nSPS) is 21.0. The molecule has 4 rings (SSSR count). The topological polar surface area (TPSA) is 62.1 Å². The Hall–Kier alpha value is -2.21. The molecule has 1 aromatic rings. The third-order valence-electron chi connectivity index (χ3n) is 6.88. The summed E-state index contributed by atoms with van der Waals surface area (Å²) in [5, 5.41) is 0. The second kappa shape index (κ2) is 9.08. The molecule has 1 N–H and O–H groups in total. The first-order valence-corrected chi connectivity index (χ1v) is 11.2. The predicted octanol–water partition coefficient (Wildman–Crippen LogP) is 1.37. The zero-order chi connectivity index (χ0) is 20.2. The van der Waals surface area contributed by atoms with Crippen LogP contribution in [0.2, 0.25) is 0 Å². The van der Waals surface area contributed by atoms with E-state index in [4.69, 9.17) is 0 Å². The largest absolute Gasteiger partial charge is 0.331 e. The molecule has 0 aromatic heterocycles. The Bertz CT molecular complexity index is 729. The highest BCUT2D eigenvalue weighted by molar-refractivity contribution is 6.21. The number of carbonyl (C=O) groups is 3. The van der Waals surface area contributed by atoms with Gasteiger partial charge < -0.3 is 9.80 Å². The van der Waals surface area contributed by atoms with E-state index in [2.05, 4.69) is 0 Å². The Morgan fingerprint density at radius 3 is 2.21 bits per heavy atom. The Morgan fingerprint density at radius 1 is 0.966 bits per heavy atom. The molecule has 29 heavy (non-hydrogen) atoms. The number of nitrogens with zero attached hydrogens (tertiary/aromatic N) is 2. The quantitative estimate of drug-likeness (QED) is 0.737. The summed E-state index contributed by atoms with van der Waals surface area (Å²) >= 11 is 0.